The second-order valence-electron chi connectivity index (χ2n) is 4.15. The lowest BCUT2D eigenvalue weighted by atomic mass is 10.2. The average molecular weight is 279 g/mol. The molecule has 0 saturated heterocycles. The van der Waals surface area contributed by atoms with Crippen molar-refractivity contribution in [2.45, 2.75) is 13.0 Å². The number of nitrogens with one attached hydrogen (secondary N) is 2. The van der Waals surface area contributed by atoms with Gasteiger partial charge in [0.25, 0.3) is 0 Å². The van der Waals surface area contributed by atoms with Gasteiger partial charge in [-0.15, -0.1) is 0 Å². The van der Waals surface area contributed by atoms with Crippen LogP contribution >= 0.6 is 11.6 Å². The SMILES string of the molecule is C[C@H](NCC(=O)Nc1ccccc1Cl)c1ccco1. The van der Waals surface area contributed by atoms with Crippen LogP contribution in [0.15, 0.2) is 47.1 Å². The lowest BCUT2D eigenvalue weighted by Crippen LogP contribution is -2.30. The molecule has 0 spiro atoms. The van der Waals surface area contributed by atoms with Crippen molar-refractivity contribution < 1.29 is 9.21 Å². The van der Waals surface area contributed by atoms with Crippen molar-refractivity contribution in [1.82, 2.24) is 5.32 Å². The molecule has 1 amide bonds. The molecule has 2 aromatic rings. The summed E-state index contributed by atoms with van der Waals surface area (Å²) >= 11 is 5.96. The van der Waals surface area contributed by atoms with Crippen molar-refractivity contribution in [3.05, 3.63) is 53.4 Å². The molecule has 0 bridgehead atoms. The fraction of sp³-hybridized carbons (Fsp3) is 0.214. The Morgan fingerprint density at radius 2 is 2.11 bits per heavy atom. The molecule has 2 N–H and O–H groups in total. The van der Waals surface area contributed by atoms with Crippen LogP contribution in [0.3, 0.4) is 0 Å². The summed E-state index contributed by atoms with van der Waals surface area (Å²) in [5.41, 5.74) is 0.613. The van der Waals surface area contributed by atoms with Crippen molar-refractivity contribution in [1.29, 1.82) is 0 Å². The van der Waals surface area contributed by atoms with Crippen molar-refractivity contribution in [3.8, 4) is 0 Å². The van der Waals surface area contributed by atoms with Gasteiger partial charge in [-0.1, -0.05) is 23.7 Å². The summed E-state index contributed by atoms with van der Waals surface area (Å²) < 4.78 is 5.25. The molecular weight excluding hydrogens is 264 g/mol. The fourth-order valence-corrected chi connectivity index (χ4v) is 1.82. The van der Waals surface area contributed by atoms with Crippen molar-refractivity contribution in [2.24, 2.45) is 0 Å². The van der Waals surface area contributed by atoms with E-state index < -0.39 is 0 Å². The highest BCUT2D eigenvalue weighted by Crippen LogP contribution is 2.20. The molecule has 0 saturated carbocycles. The maximum absolute atomic E-state index is 11.8. The number of rotatable bonds is 5. The average Bonchev–Trinajstić information content (AvgIpc) is 2.93. The Hall–Kier alpha value is -1.78. The maximum atomic E-state index is 11.8. The first-order chi connectivity index (χ1) is 9.16. The molecule has 0 aliphatic rings. The van der Waals surface area contributed by atoms with Crippen LogP contribution in [0.1, 0.15) is 18.7 Å². The quantitative estimate of drug-likeness (QED) is 0.883. The van der Waals surface area contributed by atoms with E-state index in [-0.39, 0.29) is 18.5 Å². The van der Waals surface area contributed by atoms with Crippen LogP contribution in [0.2, 0.25) is 5.02 Å². The third-order valence-corrected chi connectivity index (χ3v) is 3.02. The van der Waals surface area contributed by atoms with Gasteiger partial charge < -0.3 is 9.73 Å². The molecule has 19 heavy (non-hydrogen) atoms. The molecule has 1 aromatic carbocycles. The first-order valence-corrected chi connectivity index (χ1v) is 6.36. The third-order valence-electron chi connectivity index (χ3n) is 2.69. The molecule has 2 rings (SSSR count). The van der Waals surface area contributed by atoms with Crippen LogP contribution < -0.4 is 10.6 Å². The summed E-state index contributed by atoms with van der Waals surface area (Å²) in [7, 11) is 0. The number of amides is 1. The molecule has 0 aliphatic heterocycles. The smallest absolute Gasteiger partial charge is 0.238 e. The van der Waals surface area contributed by atoms with Gasteiger partial charge in [0.2, 0.25) is 5.91 Å². The summed E-state index contributed by atoms with van der Waals surface area (Å²) in [5, 5.41) is 6.35. The van der Waals surface area contributed by atoms with Crippen LogP contribution in [0, 0.1) is 0 Å². The van der Waals surface area contributed by atoms with Gasteiger partial charge in [0, 0.05) is 0 Å². The minimum atomic E-state index is -0.147. The minimum absolute atomic E-state index is 0.0213. The molecule has 4 nitrogen and oxygen atoms in total. The molecular formula is C14H15ClN2O2. The molecule has 0 aliphatic carbocycles. The Morgan fingerprint density at radius 3 is 2.79 bits per heavy atom. The van der Waals surface area contributed by atoms with Crippen LogP contribution in [0.5, 0.6) is 0 Å². The Labute approximate surface area is 116 Å². The largest absolute Gasteiger partial charge is 0.468 e. The molecule has 0 radical (unpaired) electrons. The predicted molar refractivity (Wildman–Crippen MR) is 75.2 cm³/mol. The molecule has 1 atom stereocenters. The molecule has 1 aromatic heterocycles. The van der Waals surface area contributed by atoms with Crippen molar-refractivity contribution in [2.75, 3.05) is 11.9 Å². The number of carbonyl (C=O) groups is 1. The van der Waals surface area contributed by atoms with Gasteiger partial charge in [-0.2, -0.15) is 0 Å². The Morgan fingerprint density at radius 1 is 1.32 bits per heavy atom. The van der Waals surface area contributed by atoms with E-state index in [9.17, 15) is 4.79 Å². The summed E-state index contributed by atoms with van der Waals surface area (Å²) in [6, 6.07) is 10.8. The summed E-state index contributed by atoms with van der Waals surface area (Å²) in [5.74, 6) is 0.650. The fourth-order valence-electron chi connectivity index (χ4n) is 1.64. The van der Waals surface area contributed by atoms with Crippen LogP contribution in [-0.2, 0) is 4.79 Å². The van der Waals surface area contributed by atoms with Gasteiger partial charge in [0.1, 0.15) is 5.76 Å². The maximum Gasteiger partial charge on any atom is 0.238 e. The predicted octanol–water partition coefficient (Wildman–Crippen LogP) is 3.22. The van der Waals surface area contributed by atoms with Gasteiger partial charge >= 0.3 is 0 Å². The van der Waals surface area contributed by atoms with Crippen LogP contribution in [0.4, 0.5) is 5.69 Å². The second kappa shape index (κ2) is 6.41. The van der Waals surface area contributed by atoms with Gasteiger partial charge in [-0.3, -0.25) is 10.1 Å². The van der Waals surface area contributed by atoms with Crippen LogP contribution in [-0.4, -0.2) is 12.5 Å². The Balaban J connectivity index is 1.84. The highest BCUT2D eigenvalue weighted by atomic mass is 35.5. The van der Waals surface area contributed by atoms with E-state index >= 15 is 0 Å². The Kier molecular flexibility index (Phi) is 4.60. The number of hydrogen-bond acceptors (Lipinski definition) is 3. The van der Waals surface area contributed by atoms with E-state index in [1.54, 1.807) is 18.4 Å². The first kappa shape index (κ1) is 13.6. The van der Waals surface area contributed by atoms with E-state index in [4.69, 9.17) is 16.0 Å². The summed E-state index contributed by atoms with van der Waals surface area (Å²) in [4.78, 5) is 11.8. The van der Waals surface area contributed by atoms with E-state index in [2.05, 4.69) is 10.6 Å². The zero-order chi connectivity index (χ0) is 13.7. The summed E-state index contributed by atoms with van der Waals surface area (Å²) in [6.45, 7) is 2.12. The lowest BCUT2D eigenvalue weighted by molar-refractivity contribution is -0.115. The third kappa shape index (κ3) is 3.84. The molecule has 5 heteroatoms. The van der Waals surface area contributed by atoms with E-state index in [1.165, 1.54) is 0 Å². The highest BCUT2D eigenvalue weighted by molar-refractivity contribution is 6.33. The minimum Gasteiger partial charge on any atom is -0.468 e. The number of benzene rings is 1. The molecule has 0 fully saturated rings. The van der Waals surface area contributed by atoms with Crippen LogP contribution in [0.25, 0.3) is 0 Å². The normalized spacial score (nSPS) is 12.1. The van der Waals surface area contributed by atoms with E-state index in [0.29, 0.717) is 10.7 Å². The number of furan rings is 1. The van der Waals surface area contributed by atoms with Gasteiger partial charge in [-0.05, 0) is 31.2 Å². The van der Waals surface area contributed by atoms with Gasteiger partial charge in [0.05, 0.1) is 29.6 Å². The topological polar surface area (TPSA) is 54.3 Å². The number of anilines is 1. The van der Waals surface area contributed by atoms with Crippen molar-refractivity contribution in [3.63, 3.8) is 0 Å². The Bertz CT molecular complexity index is 540. The monoisotopic (exact) mass is 278 g/mol. The molecule has 0 unspecified atom stereocenters. The number of hydrogen-bond donors (Lipinski definition) is 2. The number of halogens is 1. The van der Waals surface area contributed by atoms with E-state index in [1.807, 2.05) is 31.2 Å². The standard InChI is InChI=1S/C14H15ClN2O2/c1-10(13-7-4-8-19-13)16-9-14(18)17-12-6-3-2-5-11(12)15/h2-8,10,16H,9H2,1H3,(H,17,18)/t10-/m0/s1. The number of carbonyl (C=O) groups excluding carboxylic acids is 1. The zero-order valence-electron chi connectivity index (χ0n) is 10.5. The lowest BCUT2D eigenvalue weighted by Gasteiger charge is -2.12. The number of para-hydroxylation sites is 1. The van der Waals surface area contributed by atoms with E-state index in [0.717, 1.165) is 5.76 Å². The second-order valence-corrected chi connectivity index (χ2v) is 4.55. The summed E-state index contributed by atoms with van der Waals surface area (Å²) in [6.07, 6.45) is 1.61. The first-order valence-electron chi connectivity index (χ1n) is 5.98. The van der Waals surface area contributed by atoms with Gasteiger partial charge in [0.15, 0.2) is 0 Å². The highest BCUT2D eigenvalue weighted by Gasteiger charge is 2.10. The van der Waals surface area contributed by atoms with Gasteiger partial charge in [-0.25, -0.2) is 0 Å². The van der Waals surface area contributed by atoms with Crippen molar-refractivity contribution >= 4 is 23.2 Å². The molecule has 1 heterocycles. The zero-order valence-corrected chi connectivity index (χ0v) is 11.3. The molecule has 100 valence electrons.